The van der Waals surface area contributed by atoms with Crippen molar-refractivity contribution in [2.24, 2.45) is 34.5 Å². The maximum atomic E-state index is 12.1. The number of hydrogen-bond acceptors (Lipinski definition) is 5. The number of aliphatic hydroxyl groups excluding tert-OH is 1. The van der Waals surface area contributed by atoms with Crippen LogP contribution in [0.3, 0.4) is 0 Å². The third-order valence-electron chi connectivity index (χ3n) is 11.1. The van der Waals surface area contributed by atoms with Gasteiger partial charge in [0.15, 0.2) is 0 Å². The molecule has 10 atom stereocenters. The molecule has 0 bridgehead atoms. The molecule has 3 saturated carbocycles. The normalized spacial score (nSPS) is 49.9. The molecule has 5 aliphatic rings. The lowest BCUT2D eigenvalue weighted by molar-refractivity contribution is -0.221. The fourth-order valence-electron chi connectivity index (χ4n) is 9.29. The van der Waals surface area contributed by atoms with Crippen LogP contribution in [0.1, 0.15) is 99.3 Å². The van der Waals surface area contributed by atoms with Crippen molar-refractivity contribution in [1.29, 1.82) is 0 Å². The molecule has 4 aliphatic carbocycles. The molecular weight excluding hydrogens is 428 g/mol. The van der Waals surface area contributed by atoms with E-state index in [2.05, 4.69) is 40.7 Å². The Bertz CT molecular complexity index is 867. The second kappa shape index (κ2) is 8.05. The fourth-order valence-corrected chi connectivity index (χ4v) is 9.29. The summed E-state index contributed by atoms with van der Waals surface area (Å²) in [5.41, 5.74) is -0.897. The van der Waals surface area contributed by atoms with Crippen LogP contribution in [0.4, 0.5) is 0 Å². The van der Waals surface area contributed by atoms with Crippen molar-refractivity contribution in [3.05, 3.63) is 11.6 Å². The fraction of sp³-hybridized carbons (Fsp3) is 0.897. The first-order chi connectivity index (χ1) is 15.9. The molecule has 1 aliphatic heterocycles. The summed E-state index contributed by atoms with van der Waals surface area (Å²) in [6, 6.07) is 0. The molecule has 2 N–H and O–H groups in total. The smallest absolute Gasteiger partial charge is 0.303 e. The van der Waals surface area contributed by atoms with Gasteiger partial charge in [-0.25, -0.2) is 0 Å². The van der Waals surface area contributed by atoms with Crippen molar-refractivity contribution in [2.75, 3.05) is 0 Å². The molecule has 0 aromatic rings. The average molecular weight is 475 g/mol. The molecule has 0 amide bonds. The summed E-state index contributed by atoms with van der Waals surface area (Å²) in [7, 11) is 0. The first-order valence-corrected chi connectivity index (χ1v) is 13.9. The highest BCUT2D eigenvalue weighted by molar-refractivity contribution is 5.67. The minimum absolute atomic E-state index is 0.105. The molecule has 1 saturated heterocycles. The SMILES string of the molecule is CC(=O)O[C@H]1C=C2[C@@H]3CC[C@H](C(C)CCCC(C)C)[C@@]3(C)C[C@H]3O[C@@]23[C@@]2(C)CC[C@H](O)C[C@]12O. The minimum atomic E-state index is -1.32. The van der Waals surface area contributed by atoms with Crippen molar-refractivity contribution in [3.63, 3.8) is 0 Å². The number of epoxide rings is 1. The van der Waals surface area contributed by atoms with E-state index < -0.39 is 28.8 Å². The number of carbonyl (C=O) groups is 1. The Hall–Kier alpha value is -0.910. The molecule has 0 radical (unpaired) electrons. The first kappa shape index (κ1) is 24.8. The van der Waals surface area contributed by atoms with Crippen LogP contribution in [0.15, 0.2) is 11.6 Å². The van der Waals surface area contributed by atoms with E-state index in [9.17, 15) is 15.0 Å². The molecular formula is C29H46O5. The topological polar surface area (TPSA) is 79.3 Å². The third-order valence-corrected chi connectivity index (χ3v) is 11.1. The van der Waals surface area contributed by atoms with Crippen LogP contribution in [-0.2, 0) is 14.3 Å². The zero-order valence-electron chi connectivity index (χ0n) is 22.1. The largest absolute Gasteiger partial charge is 0.455 e. The molecule has 5 rings (SSSR count). The van der Waals surface area contributed by atoms with E-state index in [0.717, 1.165) is 18.8 Å². The zero-order valence-corrected chi connectivity index (χ0v) is 22.1. The van der Waals surface area contributed by atoms with Crippen LogP contribution in [0.25, 0.3) is 0 Å². The van der Waals surface area contributed by atoms with Gasteiger partial charge in [-0.15, -0.1) is 0 Å². The Morgan fingerprint density at radius 2 is 1.91 bits per heavy atom. The van der Waals surface area contributed by atoms with E-state index >= 15 is 0 Å². The van der Waals surface area contributed by atoms with Crippen LogP contribution in [0.2, 0.25) is 0 Å². The summed E-state index contributed by atoms with van der Waals surface area (Å²) < 4.78 is 12.5. The third kappa shape index (κ3) is 3.25. The average Bonchev–Trinajstić information content (AvgIpc) is 3.35. The summed E-state index contributed by atoms with van der Waals surface area (Å²) in [5.74, 6) is 2.12. The van der Waals surface area contributed by atoms with Gasteiger partial charge in [0.25, 0.3) is 0 Å². The van der Waals surface area contributed by atoms with Crippen molar-refractivity contribution in [1.82, 2.24) is 0 Å². The number of aliphatic hydroxyl groups is 2. The first-order valence-electron chi connectivity index (χ1n) is 13.9. The van der Waals surface area contributed by atoms with Gasteiger partial charge in [-0.1, -0.05) is 53.9 Å². The van der Waals surface area contributed by atoms with Gasteiger partial charge in [-0.05, 0) is 72.8 Å². The van der Waals surface area contributed by atoms with E-state index in [0.29, 0.717) is 30.6 Å². The molecule has 192 valence electrons. The summed E-state index contributed by atoms with van der Waals surface area (Å²) in [6.07, 6.45) is 9.69. The second-order valence-corrected chi connectivity index (χ2v) is 13.4. The van der Waals surface area contributed by atoms with Crippen LogP contribution in [0.5, 0.6) is 0 Å². The summed E-state index contributed by atoms with van der Waals surface area (Å²) in [5, 5.41) is 22.6. The lowest BCUT2D eigenvalue weighted by atomic mass is 9.45. The van der Waals surface area contributed by atoms with E-state index in [1.54, 1.807) is 0 Å². The number of carbonyl (C=O) groups excluding carboxylic acids is 1. The molecule has 4 fully saturated rings. The summed E-state index contributed by atoms with van der Waals surface area (Å²) >= 11 is 0. The molecule has 5 nitrogen and oxygen atoms in total. The van der Waals surface area contributed by atoms with Crippen molar-refractivity contribution in [2.45, 2.75) is 129 Å². The van der Waals surface area contributed by atoms with E-state index in [1.807, 2.05) is 0 Å². The van der Waals surface area contributed by atoms with E-state index in [-0.39, 0.29) is 23.9 Å². The second-order valence-electron chi connectivity index (χ2n) is 13.4. The number of rotatable bonds is 6. The Morgan fingerprint density at radius 3 is 2.59 bits per heavy atom. The minimum Gasteiger partial charge on any atom is -0.455 e. The molecule has 1 heterocycles. The predicted octanol–water partition coefficient (Wildman–Crippen LogP) is 5.18. The Kier molecular flexibility index (Phi) is 5.86. The molecule has 1 spiro atoms. The van der Waals surface area contributed by atoms with Gasteiger partial charge in [0.05, 0.1) is 12.2 Å². The van der Waals surface area contributed by atoms with Gasteiger partial charge in [-0.2, -0.15) is 0 Å². The quantitative estimate of drug-likeness (QED) is 0.315. The lowest BCUT2D eigenvalue weighted by Crippen LogP contribution is -2.70. The number of ether oxygens (including phenoxy) is 2. The van der Waals surface area contributed by atoms with Crippen LogP contribution in [-0.4, -0.2) is 45.7 Å². The monoisotopic (exact) mass is 474 g/mol. The van der Waals surface area contributed by atoms with E-state index in [1.165, 1.54) is 38.2 Å². The number of esters is 1. The zero-order chi connectivity index (χ0) is 24.7. The Labute approximate surface area is 205 Å². The van der Waals surface area contributed by atoms with Gasteiger partial charge in [0.1, 0.15) is 17.3 Å². The molecule has 0 aromatic heterocycles. The number of fused-ring (bicyclic) bond motifs is 3. The van der Waals surface area contributed by atoms with Gasteiger partial charge in [-0.3, -0.25) is 4.79 Å². The lowest BCUT2D eigenvalue weighted by Gasteiger charge is -2.60. The maximum Gasteiger partial charge on any atom is 0.303 e. The molecule has 1 unspecified atom stereocenters. The highest BCUT2D eigenvalue weighted by Gasteiger charge is 2.82. The van der Waals surface area contributed by atoms with Gasteiger partial charge in [0.2, 0.25) is 0 Å². The molecule has 0 aromatic carbocycles. The number of hydrogen-bond donors (Lipinski definition) is 2. The van der Waals surface area contributed by atoms with Gasteiger partial charge in [0, 0.05) is 18.8 Å². The van der Waals surface area contributed by atoms with E-state index in [4.69, 9.17) is 9.47 Å². The van der Waals surface area contributed by atoms with Crippen LogP contribution in [0, 0.1) is 34.5 Å². The van der Waals surface area contributed by atoms with Crippen LogP contribution >= 0.6 is 0 Å². The van der Waals surface area contributed by atoms with Crippen LogP contribution < -0.4 is 0 Å². The molecule has 34 heavy (non-hydrogen) atoms. The van der Waals surface area contributed by atoms with Crippen molar-refractivity contribution < 1.29 is 24.5 Å². The van der Waals surface area contributed by atoms with Gasteiger partial charge >= 0.3 is 5.97 Å². The predicted molar refractivity (Wildman–Crippen MR) is 131 cm³/mol. The van der Waals surface area contributed by atoms with Crippen molar-refractivity contribution in [3.8, 4) is 0 Å². The highest BCUT2D eigenvalue weighted by atomic mass is 16.6. The molecule has 5 heteroatoms. The maximum absolute atomic E-state index is 12.1. The standard InChI is InChI=1S/C29H46O5/c1-17(2)8-7-9-18(3)21-10-11-22-23-14-24(33-19(4)30)28(32)15-20(31)12-13-27(28,6)29(23)25(34-29)16-26(21,22)5/h14,17-18,20-22,24-25,31-32H,7-13,15-16H2,1-6H3/t18?,20-,21+,22-,24-,25+,26+,27-,28-,29-/m0/s1. The Balaban J connectivity index is 1.50. The Morgan fingerprint density at radius 1 is 1.18 bits per heavy atom. The summed E-state index contributed by atoms with van der Waals surface area (Å²) in [4.78, 5) is 12.1. The highest BCUT2D eigenvalue weighted by Crippen LogP contribution is 2.76. The summed E-state index contributed by atoms with van der Waals surface area (Å²) in [6.45, 7) is 13.1. The van der Waals surface area contributed by atoms with Gasteiger partial charge < -0.3 is 19.7 Å². The van der Waals surface area contributed by atoms with Crippen molar-refractivity contribution >= 4 is 5.97 Å².